The molecular weight excluding hydrogens is 204 g/mol. The minimum atomic E-state index is 0.812. The lowest BCUT2D eigenvalue weighted by atomic mass is 10.3. The fourth-order valence-corrected chi connectivity index (χ4v) is 0.951. The highest BCUT2D eigenvalue weighted by atomic mass is 79.9. The van der Waals surface area contributed by atoms with Gasteiger partial charge in [-0.25, -0.2) is 9.97 Å². The second kappa shape index (κ2) is 5.02. The van der Waals surface area contributed by atoms with Crippen molar-refractivity contribution >= 4 is 15.9 Å². The average molecular weight is 213 g/mol. The number of halogens is 1. The number of nitrogens with zero attached hydrogens (tertiary/aromatic N) is 2. The van der Waals surface area contributed by atoms with E-state index in [0.29, 0.717) is 0 Å². The summed E-state index contributed by atoms with van der Waals surface area (Å²) in [5.41, 5.74) is 0. The van der Waals surface area contributed by atoms with E-state index in [1.165, 1.54) is 0 Å². The monoisotopic (exact) mass is 212 g/mol. The smallest absolute Gasteiger partial charge is 0.131 e. The summed E-state index contributed by atoms with van der Waals surface area (Å²) in [5.74, 6) is 0.865. The molecule has 0 N–H and O–H groups in total. The predicted octanol–water partition coefficient (Wildman–Crippen LogP) is 1.97. The summed E-state index contributed by atoms with van der Waals surface area (Å²) in [7, 11) is 0. The molecule has 0 aliphatic heterocycles. The van der Waals surface area contributed by atoms with Crippen LogP contribution in [0.4, 0.5) is 0 Å². The summed E-state index contributed by atoms with van der Waals surface area (Å²) in [6.07, 6.45) is 8.40. The van der Waals surface area contributed by atoms with Crippen LogP contribution in [-0.4, -0.2) is 15.3 Å². The topological polar surface area (TPSA) is 25.8 Å². The van der Waals surface area contributed by atoms with E-state index in [9.17, 15) is 0 Å². The number of hydrogen-bond acceptors (Lipinski definition) is 2. The molecule has 1 rings (SSSR count). The van der Waals surface area contributed by atoms with Crippen LogP contribution in [0.2, 0.25) is 0 Å². The third-order valence-corrected chi connectivity index (χ3v) is 1.55. The molecule has 3 heteroatoms. The number of aromatic nitrogens is 2. The Balaban J connectivity index is 2.45. The van der Waals surface area contributed by atoms with Crippen LogP contribution in [0, 0.1) is 0 Å². The number of allylic oxidation sites excluding steroid dienone is 2. The van der Waals surface area contributed by atoms with Gasteiger partial charge in [0.1, 0.15) is 5.82 Å². The molecule has 0 amide bonds. The molecule has 1 aromatic heterocycles. The highest BCUT2D eigenvalue weighted by Crippen LogP contribution is 1.91. The van der Waals surface area contributed by atoms with Gasteiger partial charge in [0.2, 0.25) is 0 Å². The van der Waals surface area contributed by atoms with Crippen LogP contribution in [0.3, 0.4) is 0 Å². The first-order valence-corrected chi connectivity index (χ1v) is 4.52. The van der Waals surface area contributed by atoms with Crippen molar-refractivity contribution in [2.75, 3.05) is 5.33 Å². The third-order valence-electron chi connectivity index (χ3n) is 1.18. The van der Waals surface area contributed by atoms with Gasteiger partial charge in [-0.15, -0.1) is 0 Å². The molecule has 0 fully saturated rings. The van der Waals surface area contributed by atoms with E-state index in [1.54, 1.807) is 12.4 Å². The minimum Gasteiger partial charge on any atom is -0.241 e. The SMILES string of the molecule is BrC/C=C/Cc1ncccn1. The lowest BCUT2D eigenvalue weighted by molar-refractivity contribution is 0.988. The van der Waals surface area contributed by atoms with Gasteiger partial charge in [-0.2, -0.15) is 0 Å². The summed E-state index contributed by atoms with van der Waals surface area (Å²) in [5, 5.41) is 0.889. The van der Waals surface area contributed by atoms with Crippen LogP contribution in [0.25, 0.3) is 0 Å². The Morgan fingerprint density at radius 1 is 1.27 bits per heavy atom. The molecule has 0 spiro atoms. The zero-order valence-corrected chi connectivity index (χ0v) is 7.66. The fraction of sp³-hybridized carbons (Fsp3) is 0.250. The Bertz CT molecular complexity index is 221. The van der Waals surface area contributed by atoms with E-state index < -0.39 is 0 Å². The van der Waals surface area contributed by atoms with Crippen molar-refractivity contribution in [2.24, 2.45) is 0 Å². The van der Waals surface area contributed by atoms with Crippen LogP contribution in [0.1, 0.15) is 5.82 Å². The second-order valence-corrected chi connectivity index (χ2v) is 2.64. The Hall–Kier alpha value is -0.700. The van der Waals surface area contributed by atoms with Gasteiger partial charge < -0.3 is 0 Å². The first-order valence-electron chi connectivity index (χ1n) is 3.40. The Morgan fingerprint density at radius 2 is 2.00 bits per heavy atom. The Kier molecular flexibility index (Phi) is 3.83. The Labute approximate surface area is 74.5 Å². The van der Waals surface area contributed by atoms with Gasteiger partial charge in [-0.1, -0.05) is 28.1 Å². The van der Waals surface area contributed by atoms with Crippen LogP contribution >= 0.6 is 15.9 Å². The molecule has 0 saturated heterocycles. The molecule has 0 saturated carbocycles. The van der Waals surface area contributed by atoms with Crippen LogP contribution < -0.4 is 0 Å². The quantitative estimate of drug-likeness (QED) is 0.566. The van der Waals surface area contributed by atoms with Gasteiger partial charge in [-0.3, -0.25) is 0 Å². The largest absolute Gasteiger partial charge is 0.241 e. The van der Waals surface area contributed by atoms with E-state index in [2.05, 4.69) is 25.9 Å². The summed E-state index contributed by atoms with van der Waals surface area (Å²) in [6, 6.07) is 1.82. The molecule has 0 unspecified atom stereocenters. The van der Waals surface area contributed by atoms with Crippen molar-refractivity contribution in [1.82, 2.24) is 9.97 Å². The van der Waals surface area contributed by atoms with Crippen molar-refractivity contribution in [1.29, 1.82) is 0 Å². The maximum absolute atomic E-state index is 4.07. The summed E-state index contributed by atoms with van der Waals surface area (Å²) in [4.78, 5) is 8.15. The molecule has 1 heterocycles. The predicted molar refractivity (Wildman–Crippen MR) is 48.7 cm³/mol. The normalized spacial score (nSPS) is 10.6. The minimum absolute atomic E-state index is 0.812. The molecule has 0 atom stereocenters. The maximum Gasteiger partial charge on any atom is 0.131 e. The van der Waals surface area contributed by atoms with E-state index in [1.807, 2.05) is 18.2 Å². The third kappa shape index (κ3) is 3.28. The molecule has 11 heavy (non-hydrogen) atoms. The van der Waals surface area contributed by atoms with Crippen molar-refractivity contribution in [3.05, 3.63) is 36.4 Å². The van der Waals surface area contributed by atoms with E-state index in [4.69, 9.17) is 0 Å². The average Bonchev–Trinajstić information content (AvgIpc) is 2.07. The summed E-state index contributed by atoms with van der Waals surface area (Å²) >= 11 is 3.30. The molecule has 0 bridgehead atoms. The van der Waals surface area contributed by atoms with Crippen LogP contribution in [-0.2, 0) is 6.42 Å². The molecule has 0 aliphatic rings. The molecule has 58 valence electrons. The molecule has 1 aromatic rings. The highest BCUT2D eigenvalue weighted by Gasteiger charge is 1.87. The molecule has 0 radical (unpaired) electrons. The first kappa shape index (κ1) is 8.40. The van der Waals surface area contributed by atoms with Crippen molar-refractivity contribution in [2.45, 2.75) is 6.42 Å². The second-order valence-electron chi connectivity index (χ2n) is 1.99. The zero-order valence-electron chi connectivity index (χ0n) is 6.07. The van der Waals surface area contributed by atoms with Gasteiger partial charge >= 0.3 is 0 Å². The van der Waals surface area contributed by atoms with Crippen molar-refractivity contribution in [3.63, 3.8) is 0 Å². The van der Waals surface area contributed by atoms with Crippen LogP contribution in [0.5, 0.6) is 0 Å². The van der Waals surface area contributed by atoms with Crippen molar-refractivity contribution in [3.8, 4) is 0 Å². The number of alkyl halides is 1. The van der Waals surface area contributed by atoms with Gasteiger partial charge in [0.25, 0.3) is 0 Å². The van der Waals surface area contributed by atoms with Gasteiger partial charge in [0.15, 0.2) is 0 Å². The molecule has 0 aromatic carbocycles. The Morgan fingerprint density at radius 3 is 2.64 bits per heavy atom. The van der Waals surface area contributed by atoms with E-state index in [-0.39, 0.29) is 0 Å². The maximum atomic E-state index is 4.07. The summed E-state index contributed by atoms with van der Waals surface area (Å²) in [6.45, 7) is 0. The number of rotatable bonds is 3. The number of hydrogen-bond donors (Lipinski definition) is 0. The van der Waals surface area contributed by atoms with E-state index in [0.717, 1.165) is 17.6 Å². The fourth-order valence-electron chi connectivity index (χ4n) is 0.687. The molecule has 2 nitrogen and oxygen atoms in total. The first-order chi connectivity index (χ1) is 5.43. The molecular formula is C8H9BrN2. The van der Waals surface area contributed by atoms with Gasteiger partial charge in [0.05, 0.1) is 0 Å². The zero-order chi connectivity index (χ0) is 7.94. The van der Waals surface area contributed by atoms with Crippen LogP contribution in [0.15, 0.2) is 30.6 Å². The summed E-state index contributed by atoms with van der Waals surface area (Å²) < 4.78 is 0. The van der Waals surface area contributed by atoms with Gasteiger partial charge in [-0.05, 0) is 6.07 Å². The van der Waals surface area contributed by atoms with E-state index >= 15 is 0 Å². The lowest BCUT2D eigenvalue weighted by Gasteiger charge is -1.90. The van der Waals surface area contributed by atoms with Gasteiger partial charge in [0, 0.05) is 24.1 Å². The molecule has 0 aliphatic carbocycles. The lowest BCUT2D eigenvalue weighted by Crippen LogP contribution is -1.89. The standard InChI is InChI=1S/C8H9BrN2/c9-5-2-1-4-8-10-6-3-7-11-8/h1-3,6-7H,4-5H2/b2-1+. The van der Waals surface area contributed by atoms with Crippen molar-refractivity contribution < 1.29 is 0 Å². The highest BCUT2D eigenvalue weighted by molar-refractivity contribution is 9.09.